The number of anilines is 1. The summed E-state index contributed by atoms with van der Waals surface area (Å²) in [6.07, 6.45) is 1.81. The van der Waals surface area contributed by atoms with Crippen molar-refractivity contribution >= 4 is 34.4 Å². The highest BCUT2D eigenvalue weighted by molar-refractivity contribution is 7.80. The highest BCUT2D eigenvalue weighted by Gasteiger charge is 2.42. The molecule has 7 heteroatoms. The molecule has 1 aliphatic rings. The number of hydrogen-bond donors (Lipinski definition) is 1. The fourth-order valence-corrected chi connectivity index (χ4v) is 4.54. The van der Waals surface area contributed by atoms with Crippen molar-refractivity contribution in [3.8, 4) is 11.5 Å². The smallest absolute Gasteiger partial charge is 0.174 e. The first-order valence-electron chi connectivity index (χ1n) is 8.49. The van der Waals surface area contributed by atoms with Crippen LogP contribution in [-0.4, -0.2) is 24.3 Å². The molecule has 0 saturated carbocycles. The van der Waals surface area contributed by atoms with E-state index in [1.807, 2.05) is 42.6 Å². The Morgan fingerprint density at radius 1 is 1.11 bits per heavy atom. The van der Waals surface area contributed by atoms with Gasteiger partial charge in [-0.05, 0) is 47.9 Å². The summed E-state index contributed by atoms with van der Waals surface area (Å²) in [6.45, 7) is 0. The third-order valence-corrected chi connectivity index (χ3v) is 5.84. The maximum absolute atomic E-state index is 5.72. The van der Waals surface area contributed by atoms with Crippen molar-refractivity contribution in [3.63, 3.8) is 0 Å². The van der Waals surface area contributed by atoms with E-state index in [2.05, 4.69) is 32.7 Å². The van der Waals surface area contributed by atoms with Gasteiger partial charge in [0.2, 0.25) is 0 Å². The summed E-state index contributed by atoms with van der Waals surface area (Å²) in [6, 6.07) is 15.8. The minimum atomic E-state index is -0.0517. The van der Waals surface area contributed by atoms with Gasteiger partial charge < -0.3 is 19.7 Å². The summed E-state index contributed by atoms with van der Waals surface area (Å²) < 4.78 is 11.0. The molecule has 2 atom stereocenters. The Morgan fingerprint density at radius 3 is 2.67 bits per heavy atom. The molecule has 3 heterocycles. The summed E-state index contributed by atoms with van der Waals surface area (Å²) in [4.78, 5) is 7.87. The molecule has 1 aromatic carbocycles. The molecule has 4 rings (SSSR count). The van der Waals surface area contributed by atoms with Gasteiger partial charge in [0.25, 0.3) is 0 Å². The molecule has 1 N–H and O–H groups in total. The zero-order valence-corrected chi connectivity index (χ0v) is 16.6. The van der Waals surface area contributed by atoms with Gasteiger partial charge in [-0.1, -0.05) is 12.1 Å². The van der Waals surface area contributed by atoms with Crippen LogP contribution in [0.5, 0.6) is 11.5 Å². The van der Waals surface area contributed by atoms with Crippen LogP contribution >= 0.6 is 23.6 Å². The van der Waals surface area contributed by atoms with Crippen LogP contribution in [-0.2, 0) is 0 Å². The second kappa shape index (κ2) is 7.54. The molecule has 3 aromatic rings. The number of thiophene rings is 1. The van der Waals surface area contributed by atoms with Crippen molar-refractivity contribution in [2.75, 3.05) is 19.1 Å². The average molecular weight is 398 g/mol. The Hall–Kier alpha value is -2.64. The number of thiocarbonyl (C=S) groups is 1. The van der Waals surface area contributed by atoms with E-state index in [0.29, 0.717) is 10.9 Å². The Morgan fingerprint density at radius 2 is 2.00 bits per heavy atom. The number of nitrogens with one attached hydrogen (secondary N) is 1. The van der Waals surface area contributed by atoms with Gasteiger partial charge in [-0.3, -0.25) is 4.98 Å². The fourth-order valence-electron chi connectivity index (χ4n) is 3.35. The number of methoxy groups -OCH3 is 2. The minimum absolute atomic E-state index is 0.0188. The van der Waals surface area contributed by atoms with E-state index in [9.17, 15) is 0 Å². The molecular weight excluding hydrogens is 378 g/mol. The first-order chi connectivity index (χ1) is 13.2. The molecule has 1 saturated heterocycles. The monoisotopic (exact) mass is 397 g/mol. The number of rotatable bonds is 5. The maximum Gasteiger partial charge on any atom is 0.174 e. The Balaban J connectivity index is 1.83. The van der Waals surface area contributed by atoms with E-state index in [1.54, 1.807) is 25.6 Å². The van der Waals surface area contributed by atoms with Gasteiger partial charge in [0, 0.05) is 17.1 Å². The quantitative estimate of drug-likeness (QED) is 0.647. The lowest BCUT2D eigenvalue weighted by molar-refractivity contribution is 0.394. The molecule has 1 fully saturated rings. The van der Waals surface area contributed by atoms with Gasteiger partial charge in [-0.15, -0.1) is 11.3 Å². The van der Waals surface area contributed by atoms with E-state index in [-0.39, 0.29) is 12.1 Å². The lowest BCUT2D eigenvalue weighted by Crippen LogP contribution is -2.29. The third kappa shape index (κ3) is 3.24. The number of nitrogens with zero attached hydrogens (tertiary/aromatic N) is 2. The first-order valence-corrected chi connectivity index (χ1v) is 9.78. The number of aromatic nitrogens is 1. The molecule has 0 amide bonds. The number of pyridine rings is 1. The van der Waals surface area contributed by atoms with Crippen LogP contribution in [0.15, 0.2) is 60.1 Å². The second-order valence-electron chi connectivity index (χ2n) is 6.05. The lowest BCUT2D eigenvalue weighted by Gasteiger charge is -2.28. The summed E-state index contributed by atoms with van der Waals surface area (Å²) in [5.41, 5.74) is 1.85. The standard InChI is InChI=1S/C20H19N3O2S2/c1-24-13-8-9-15(16(12-13)25-2)23-19(17-7-5-11-27-17)18(22-20(23)26)14-6-3-4-10-21-14/h3-12,18-19H,1-2H3,(H,22,26)/t18-,19+/m1/s1. The predicted molar refractivity (Wildman–Crippen MR) is 112 cm³/mol. The highest BCUT2D eigenvalue weighted by Crippen LogP contribution is 2.46. The van der Waals surface area contributed by atoms with Crippen LogP contribution in [0.25, 0.3) is 0 Å². The van der Waals surface area contributed by atoms with Crippen molar-refractivity contribution in [1.29, 1.82) is 0 Å². The molecule has 1 aliphatic heterocycles. The van der Waals surface area contributed by atoms with Crippen molar-refractivity contribution in [2.24, 2.45) is 0 Å². The molecule has 27 heavy (non-hydrogen) atoms. The van der Waals surface area contributed by atoms with Crippen molar-refractivity contribution in [3.05, 3.63) is 70.7 Å². The maximum atomic E-state index is 5.72. The van der Waals surface area contributed by atoms with Crippen LogP contribution in [0.3, 0.4) is 0 Å². The first kappa shape index (κ1) is 17.8. The fraction of sp³-hybridized carbons (Fsp3) is 0.200. The minimum Gasteiger partial charge on any atom is -0.497 e. The van der Waals surface area contributed by atoms with Gasteiger partial charge in [0.05, 0.1) is 37.7 Å². The number of benzene rings is 1. The molecule has 5 nitrogen and oxygen atoms in total. The summed E-state index contributed by atoms with van der Waals surface area (Å²) in [5.74, 6) is 1.45. The number of hydrogen-bond acceptors (Lipinski definition) is 5. The van der Waals surface area contributed by atoms with Gasteiger partial charge in [0.15, 0.2) is 5.11 Å². The molecule has 0 bridgehead atoms. The molecular formula is C20H19N3O2S2. The van der Waals surface area contributed by atoms with Gasteiger partial charge in [0.1, 0.15) is 11.5 Å². The Kier molecular flexibility index (Phi) is 4.96. The molecule has 0 unspecified atom stereocenters. The van der Waals surface area contributed by atoms with Crippen LogP contribution in [0.1, 0.15) is 22.7 Å². The largest absolute Gasteiger partial charge is 0.497 e. The van der Waals surface area contributed by atoms with Crippen molar-refractivity contribution < 1.29 is 9.47 Å². The van der Waals surface area contributed by atoms with Crippen molar-refractivity contribution in [2.45, 2.75) is 12.1 Å². The predicted octanol–water partition coefficient (Wildman–Crippen LogP) is 4.34. The van der Waals surface area contributed by atoms with E-state index >= 15 is 0 Å². The zero-order valence-electron chi connectivity index (χ0n) is 15.0. The van der Waals surface area contributed by atoms with Gasteiger partial charge in [-0.25, -0.2) is 0 Å². The van der Waals surface area contributed by atoms with Crippen LogP contribution < -0.4 is 19.7 Å². The molecule has 0 radical (unpaired) electrons. The summed E-state index contributed by atoms with van der Waals surface area (Å²) in [7, 11) is 3.29. The lowest BCUT2D eigenvalue weighted by atomic mass is 10.0. The van der Waals surface area contributed by atoms with Crippen LogP contribution in [0.2, 0.25) is 0 Å². The van der Waals surface area contributed by atoms with E-state index in [1.165, 1.54) is 4.88 Å². The molecule has 138 valence electrons. The topological polar surface area (TPSA) is 46.6 Å². The van der Waals surface area contributed by atoms with Gasteiger partial charge >= 0.3 is 0 Å². The molecule has 0 spiro atoms. The van der Waals surface area contributed by atoms with E-state index in [0.717, 1.165) is 17.1 Å². The summed E-state index contributed by atoms with van der Waals surface area (Å²) >= 11 is 7.43. The second-order valence-corrected chi connectivity index (χ2v) is 7.42. The van der Waals surface area contributed by atoms with Gasteiger partial charge in [-0.2, -0.15) is 0 Å². The Bertz CT molecular complexity index is 932. The van der Waals surface area contributed by atoms with Crippen LogP contribution in [0.4, 0.5) is 5.69 Å². The average Bonchev–Trinajstić information content (AvgIpc) is 3.35. The normalized spacial score (nSPS) is 19.0. The third-order valence-electron chi connectivity index (χ3n) is 4.58. The van der Waals surface area contributed by atoms with Crippen LogP contribution in [0, 0.1) is 0 Å². The summed E-state index contributed by atoms with van der Waals surface area (Å²) in [5, 5.41) is 6.18. The van der Waals surface area contributed by atoms with Crippen molar-refractivity contribution in [1.82, 2.24) is 10.3 Å². The molecule has 0 aliphatic carbocycles. The molecule has 2 aromatic heterocycles. The Labute approximate surface area is 167 Å². The SMILES string of the molecule is COc1ccc(N2C(=S)N[C@H](c3ccccn3)[C@@H]2c2cccs2)c(OC)c1. The zero-order chi connectivity index (χ0) is 18.8. The van der Waals surface area contributed by atoms with E-state index < -0.39 is 0 Å². The number of ether oxygens (including phenoxy) is 2. The highest BCUT2D eigenvalue weighted by atomic mass is 32.1. The van der Waals surface area contributed by atoms with E-state index in [4.69, 9.17) is 21.7 Å².